The molecule has 0 radical (unpaired) electrons. The van der Waals surface area contributed by atoms with Gasteiger partial charge in [-0.2, -0.15) is 0 Å². The molecule has 0 spiro atoms. The maximum absolute atomic E-state index is 13.3. The number of carbonyl (C=O) groups is 2. The zero-order chi connectivity index (χ0) is 21.8. The van der Waals surface area contributed by atoms with Crippen LogP contribution >= 0.6 is 11.8 Å². The number of anilines is 1. The zero-order valence-electron chi connectivity index (χ0n) is 17.5. The Kier molecular flexibility index (Phi) is 6.23. The second-order valence-electron chi connectivity index (χ2n) is 7.70. The van der Waals surface area contributed by atoms with E-state index < -0.39 is 0 Å². The molecule has 0 fully saturated rings. The van der Waals surface area contributed by atoms with E-state index >= 15 is 0 Å². The molecule has 0 aliphatic carbocycles. The van der Waals surface area contributed by atoms with E-state index in [9.17, 15) is 9.59 Å². The SMILES string of the molecule is CC(C)N(Cc1ccccc1)C(=O)c1ccc2c(c1)NC(=O)C(=Cc1ccccc1)S2. The predicted octanol–water partition coefficient (Wildman–Crippen LogP) is 5.82. The minimum absolute atomic E-state index is 0.0492. The van der Waals surface area contributed by atoms with Gasteiger partial charge in [0.25, 0.3) is 11.8 Å². The monoisotopic (exact) mass is 428 g/mol. The first kappa shape index (κ1) is 20.9. The minimum atomic E-state index is -0.157. The summed E-state index contributed by atoms with van der Waals surface area (Å²) in [5.41, 5.74) is 3.31. The number of hydrogen-bond acceptors (Lipinski definition) is 3. The van der Waals surface area contributed by atoms with Gasteiger partial charge in [-0.1, -0.05) is 72.4 Å². The van der Waals surface area contributed by atoms with Gasteiger partial charge < -0.3 is 10.2 Å². The summed E-state index contributed by atoms with van der Waals surface area (Å²) in [7, 11) is 0. The van der Waals surface area contributed by atoms with E-state index in [0.717, 1.165) is 16.0 Å². The molecule has 3 aromatic rings. The summed E-state index contributed by atoms with van der Waals surface area (Å²) < 4.78 is 0. The number of hydrogen-bond donors (Lipinski definition) is 1. The number of thioether (sulfide) groups is 1. The Morgan fingerprint density at radius 1 is 1.00 bits per heavy atom. The number of fused-ring (bicyclic) bond motifs is 1. The van der Waals surface area contributed by atoms with Crippen molar-refractivity contribution < 1.29 is 9.59 Å². The minimum Gasteiger partial charge on any atom is -0.332 e. The van der Waals surface area contributed by atoms with Crippen LogP contribution < -0.4 is 5.32 Å². The van der Waals surface area contributed by atoms with Gasteiger partial charge in [0.15, 0.2) is 0 Å². The summed E-state index contributed by atoms with van der Waals surface area (Å²) in [6.45, 7) is 4.56. The van der Waals surface area contributed by atoms with Gasteiger partial charge in [-0.15, -0.1) is 0 Å². The number of benzene rings is 3. The van der Waals surface area contributed by atoms with Crippen LogP contribution in [0.3, 0.4) is 0 Å². The van der Waals surface area contributed by atoms with Crippen molar-refractivity contribution in [1.29, 1.82) is 0 Å². The van der Waals surface area contributed by atoms with Gasteiger partial charge in [0.1, 0.15) is 0 Å². The first-order valence-electron chi connectivity index (χ1n) is 10.3. The topological polar surface area (TPSA) is 49.4 Å². The molecule has 1 aliphatic rings. The van der Waals surface area contributed by atoms with Crippen molar-refractivity contribution in [3.63, 3.8) is 0 Å². The van der Waals surface area contributed by atoms with Gasteiger partial charge in [-0.05, 0) is 49.2 Å². The van der Waals surface area contributed by atoms with Crippen molar-refractivity contribution in [2.24, 2.45) is 0 Å². The average Bonchev–Trinajstić information content (AvgIpc) is 2.78. The molecule has 4 rings (SSSR count). The second-order valence-corrected chi connectivity index (χ2v) is 8.78. The molecule has 4 nitrogen and oxygen atoms in total. The van der Waals surface area contributed by atoms with Crippen LogP contribution in [-0.2, 0) is 11.3 Å². The van der Waals surface area contributed by atoms with Gasteiger partial charge in [0, 0.05) is 23.0 Å². The Bertz CT molecular complexity index is 1120. The molecule has 0 atom stereocenters. The third-order valence-corrected chi connectivity index (χ3v) is 6.19. The van der Waals surface area contributed by atoms with Gasteiger partial charge in [-0.3, -0.25) is 9.59 Å². The molecule has 1 heterocycles. The second kappa shape index (κ2) is 9.23. The molecule has 0 saturated carbocycles. The molecule has 5 heteroatoms. The summed E-state index contributed by atoms with van der Waals surface area (Å²) in [4.78, 5) is 29.3. The van der Waals surface area contributed by atoms with Crippen LogP contribution in [0.15, 0.2) is 88.7 Å². The Morgan fingerprint density at radius 2 is 1.68 bits per heavy atom. The molecule has 0 aromatic heterocycles. The standard InChI is InChI=1S/C26H24N2O2S/c1-18(2)28(17-20-11-7-4-8-12-20)26(30)21-13-14-23-22(16-21)27-25(29)24(31-23)15-19-9-5-3-6-10-19/h3-16,18H,17H2,1-2H3,(H,27,29). The molecule has 0 unspecified atom stereocenters. The zero-order valence-corrected chi connectivity index (χ0v) is 18.4. The molecule has 1 aliphatic heterocycles. The number of amides is 2. The summed E-state index contributed by atoms with van der Waals surface area (Å²) in [5.74, 6) is -0.206. The van der Waals surface area contributed by atoms with E-state index in [1.54, 1.807) is 6.07 Å². The van der Waals surface area contributed by atoms with Crippen molar-refractivity contribution in [2.75, 3.05) is 5.32 Å². The lowest BCUT2D eigenvalue weighted by molar-refractivity contribution is -0.112. The maximum atomic E-state index is 13.3. The van der Waals surface area contributed by atoms with E-state index in [1.165, 1.54) is 11.8 Å². The van der Waals surface area contributed by atoms with Gasteiger partial charge in [-0.25, -0.2) is 0 Å². The van der Waals surface area contributed by atoms with Crippen molar-refractivity contribution >= 4 is 35.3 Å². The molecular weight excluding hydrogens is 404 g/mol. The smallest absolute Gasteiger partial charge is 0.262 e. The number of rotatable bonds is 5. The largest absolute Gasteiger partial charge is 0.332 e. The number of nitrogens with zero attached hydrogens (tertiary/aromatic N) is 1. The number of nitrogens with one attached hydrogen (secondary N) is 1. The Labute approximate surface area is 187 Å². The van der Waals surface area contributed by atoms with Crippen LogP contribution in [0.5, 0.6) is 0 Å². The van der Waals surface area contributed by atoms with Crippen molar-refractivity contribution in [3.8, 4) is 0 Å². The predicted molar refractivity (Wildman–Crippen MR) is 127 cm³/mol. The summed E-state index contributed by atoms with van der Waals surface area (Å²) in [6.07, 6.45) is 1.88. The normalized spacial score (nSPS) is 14.3. The van der Waals surface area contributed by atoms with Crippen LogP contribution in [0.4, 0.5) is 5.69 Å². The molecule has 2 amide bonds. The molecule has 1 N–H and O–H groups in total. The first-order chi connectivity index (χ1) is 15.0. The molecule has 31 heavy (non-hydrogen) atoms. The van der Waals surface area contributed by atoms with E-state index in [4.69, 9.17) is 0 Å². The van der Waals surface area contributed by atoms with Crippen molar-refractivity contribution in [1.82, 2.24) is 4.90 Å². The third kappa shape index (κ3) is 4.89. The van der Waals surface area contributed by atoms with Crippen molar-refractivity contribution in [3.05, 3.63) is 100 Å². The summed E-state index contributed by atoms with van der Waals surface area (Å²) in [6, 6.07) is 25.3. The van der Waals surface area contributed by atoms with Crippen molar-refractivity contribution in [2.45, 2.75) is 31.3 Å². The van der Waals surface area contributed by atoms with Crippen LogP contribution in [0.2, 0.25) is 0 Å². The lowest BCUT2D eigenvalue weighted by Crippen LogP contribution is -2.36. The van der Waals surface area contributed by atoms with E-state index in [2.05, 4.69) is 5.32 Å². The quantitative estimate of drug-likeness (QED) is 0.521. The van der Waals surface area contributed by atoms with E-state index in [1.807, 2.05) is 97.6 Å². The highest BCUT2D eigenvalue weighted by Gasteiger charge is 2.24. The van der Waals surface area contributed by atoms with Crippen LogP contribution in [0, 0.1) is 0 Å². The highest BCUT2D eigenvalue weighted by Crippen LogP contribution is 2.39. The lowest BCUT2D eigenvalue weighted by atomic mass is 10.1. The van der Waals surface area contributed by atoms with E-state index in [-0.39, 0.29) is 17.9 Å². The molecule has 156 valence electrons. The highest BCUT2D eigenvalue weighted by molar-refractivity contribution is 8.04. The number of carbonyl (C=O) groups excluding carboxylic acids is 2. The fourth-order valence-electron chi connectivity index (χ4n) is 3.43. The maximum Gasteiger partial charge on any atom is 0.262 e. The summed E-state index contributed by atoms with van der Waals surface area (Å²) >= 11 is 1.42. The Balaban J connectivity index is 1.57. The Morgan fingerprint density at radius 3 is 2.35 bits per heavy atom. The Hall–Kier alpha value is -3.31. The molecule has 0 saturated heterocycles. The van der Waals surface area contributed by atoms with Crippen LogP contribution in [0.1, 0.15) is 35.3 Å². The molecule has 0 bridgehead atoms. The highest BCUT2D eigenvalue weighted by atomic mass is 32.2. The lowest BCUT2D eigenvalue weighted by Gasteiger charge is -2.28. The molecule has 3 aromatic carbocycles. The summed E-state index contributed by atoms with van der Waals surface area (Å²) in [5, 5.41) is 2.94. The average molecular weight is 429 g/mol. The van der Waals surface area contributed by atoms with Crippen LogP contribution in [-0.4, -0.2) is 22.8 Å². The van der Waals surface area contributed by atoms with Crippen LogP contribution in [0.25, 0.3) is 6.08 Å². The fraction of sp³-hybridized carbons (Fsp3) is 0.154. The van der Waals surface area contributed by atoms with Gasteiger partial charge >= 0.3 is 0 Å². The van der Waals surface area contributed by atoms with E-state index in [0.29, 0.717) is 22.7 Å². The van der Waals surface area contributed by atoms with Gasteiger partial charge in [0.2, 0.25) is 0 Å². The molecular formula is C26H24N2O2S. The first-order valence-corrected chi connectivity index (χ1v) is 11.1. The van der Waals surface area contributed by atoms with Gasteiger partial charge in [0.05, 0.1) is 10.6 Å². The third-order valence-electron chi connectivity index (χ3n) is 5.10. The fourth-order valence-corrected chi connectivity index (χ4v) is 4.36.